The van der Waals surface area contributed by atoms with Gasteiger partial charge in [-0.25, -0.2) is 0 Å². The number of benzene rings is 1. The van der Waals surface area contributed by atoms with Crippen molar-refractivity contribution in [2.45, 2.75) is 13.0 Å². The third-order valence-electron chi connectivity index (χ3n) is 2.95. The number of pyridine rings is 1. The zero-order valence-electron chi connectivity index (χ0n) is 11.3. The van der Waals surface area contributed by atoms with Gasteiger partial charge in [0.25, 0.3) is 5.91 Å². The molecule has 1 unspecified atom stereocenters. The molecule has 2 rings (SSSR count). The molecule has 1 amide bonds. The van der Waals surface area contributed by atoms with Crippen molar-refractivity contribution >= 4 is 21.8 Å². The Morgan fingerprint density at radius 3 is 2.80 bits per heavy atom. The number of halogens is 1. The van der Waals surface area contributed by atoms with Gasteiger partial charge in [0.1, 0.15) is 5.75 Å². The quantitative estimate of drug-likeness (QED) is 0.932. The Morgan fingerprint density at radius 2 is 2.20 bits per heavy atom. The summed E-state index contributed by atoms with van der Waals surface area (Å²) in [7, 11) is 1.59. The lowest BCUT2D eigenvalue weighted by Gasteiger charge is -2.14. The third-order valence-corrected chi connectivity index (χ3v) is 3.57. The molecule has 0 radical (unpaired) electrons. The lowest BCUT2D eigenvalue weighted by molar-refractivity contribution is 0.0939. The largest absolute Gasteiger partial charge is 0.496 e. The summed E-state index contributed by atoms with van der Waals surface area (Å²) in [4.78, 5) is 16.2. The molecule has 0 saturated heterocycles. The van der Waals surface area contributed by atoms with Crippen LogP contribution in [0, 0.1) is 0 Å². The minimum atomic E-state index is -0.135. The van der Waals surface area contributed by atoms with Crippen LogP contribution in [0.1, 0.15) is 28.9 Å². The molecule has 20 heavy (non-hydrogen) atoms. The Hall–Kier alpha value is -1.88. The second-order valence-corrected chi connectivity index (χ2v) is 5.19. The van der Waals surface area contributed by atoms with E-state index in [2.05, 4.69) is 26.2 Å². The molecule has 1 aromatic heterocycles. The average molecular weight is 335 g/mol. The summed E-state index contributed by atoms with van der Waals surface area (Å²) in [6, 6.07) is 8.91. The van der Waals surface area contributed by atoms with Gasteiger partial charge in [-0.3, -0.25) is 9.78 Å². The fourth-order valence-electron chi connectivity index (χ4n) is 1.80. The molecular formula is C15H15BrN2O2. The first-order valence-corrected chi connectivity index (χ1v) is 6.95. The highest BCUT2D eigenvalue weighted by Crippen LogP contribution is 2.25. The van der Waals surface area contributed by atoms with Crippen LogP contribution in [-0.2, 0) is 0 Å². The maximum absolute atomic E-state index is 12.2. The average Bonchev–Trinajstić information content (AvgIpc) is 2.48. The van der Waals surface area contributed by atoms with Gasteiger partial charge < -0.3 is 10.1 Å². The SMILES string of the molecule is COc1ccc(C(=O)NC(C)c2cccnc2)cc1Br. The molecule has 5 heteroatoms. The van der Waals surface area contributed by atoms with Gasteiger partial charge in [-0.15, -0.1) is 0 Å². The van der Waals surface area contributed by atoms with E-state index in [-0.39, 0.29) is 11.9 Å². The molecule has 1 atom stereocenters. The van der Waals surface area contributed by atoms with Crippen LogP contribution >= 0.6 is 15.9 Å². The smallest absolute Gasteiger partial charge is 0.251 e. The van der Waals surface area contributed by atoms with Crippen LogP contribution in [0.5, 0.6) is 5.75 Å². The van der Waals surface area contributed by atoms with Gasteiger partial charge in [0, 0.05) is 18.0 Å². The highest BCUT2D eigenvalue weighted by molar-refractivity contribution is 9.10. The maximum atomic E-state index is 12.2. The normalized spacial score (nSPS) is 11.8. The van der Waals surface area contributed by atoms with Crippen molar-refractivity contribution in [1.29, 1.82) is 0 Å². The third kappa shape index (κ3) is 3.36. The van der Waals surface area contributed by atoms with Crippen LogP contribution in [0.2, 0.25) is 0 Å². The Labute approximate surface area is 126 Å². The van der Waals surface area contributed by atoms with Crippen LogP contribution in [0.25, 0.3) is 0 Å². The first-order chi connectivity index (χ1) is 9.61. The zero-order valence-corrected chi connectivity index (χ0v) is 12.8. The van der Waals surface area contributed by atoms with Gasteiger partial charge in [0.05, 0.1) is 17.6 Å². The fourth-order valence-corrected chi connectivity index (χ4v) is 2.34. The minimum Gasteiger partial charge on any atom is -0.496 e. The fraction of sp³-hybridized carbons (Fsp3) is 0.200. The van der Waals surface area contributed by atoms with Crippen molar-refractivity contribution in [2.75, 3.05) is 7.11 Å². The molecule has 0 aliphatic rings. The van der Waals surface area contributed by atoms with E-state index in [0.29, 0.717) is 11.3 Å². The molecule has 4 nitrogen and oxygen atoms in total. The van der Waals surface area contributed by atoms with E-state index < -0.39 is 0 Å². The van der Waals surface area contributed by atoms with Crippen LogP contribution in [0.3, 0.4) is 0 Å². The van der Waals surface area contributed by atoms with Gasteiger partial charge in [-0.05, 0) is 52.7 Å². The number of amides is 1. The monoisotopic (exact) mass is 334 g/mol. The summed E-state index contributed by atoms with van der Waals surface area (Å²) in [5.74, 6) is 0.562. The molecule has 0 spiro atoms. The van der Waals surface area contributed by atoms with Crippen molar-refractivity contribution < 1.29 is 9.53 Å². The highest BCUT2D eigenvalue weighted by atomic mass is 79.9. The van der Waals surface area contributed by atoms with E-state index >= 15 is 0 Å². The number of hydrogen-bond donors (Lipinski definition) is 1. The van der Waals surface area contributed by atoms with E-state index in [4.69, 9.17) is 4.74 Å². The summed E-state index contributed by atoms with van der Waals surface area (Å²) in [6.45, 7) is 1.92. The number of aromatic nitrogens is 1. The second kappa shape index (κ2) is 6.52. The Bertz CT molecular complexity index is 602. The molecule has 1 heterocycles. The molecule has 0 aliphatic heterocycles. The summed E-state index contributed by atoms with van der Waals surface area (Å²) >= 11 is 3.37. The first-order valence-electron chi connectivity index (χ1n) is 6.16. The van der Waals surface area contributed by atoms with Crippen LogP contribution < -0.4 is 10.1 Å². The standard InChI is InChI=1S/C15H15BrN2O2/c1-10(12-4-3-7-17-9-12)18-15(19)11-5-6-14(20-2)13(16)8-11/h3-10H,1-2H3,(H,18,19). The molecular weight excluding hydrogens is 320 g/mol. The molecule has 1 aromatic carbocycles. The molecule has 0 fully saturated rings. The number of carbonyl (C=O) groups is 1. The van der Waals surface area contributed by atoms with Crippen LogP contribution in [-0.4, -0.2) is 18.0 Å². The number of hydrogen-bond acceptors (Lipinski definition) is 3. The lowest BCUT2D eigenvalue weighted by atomic mass is 10.1. The predicted octanol–water partition coefficient (Wildman–Crippen LogP) is 3.34. The lowest BCUT2D eigenvalue weighted by Crippen LogP contribution is -2.26. The van der Waals surface area contributed by atoms with Crippen molar-refractivity contribution in [2.24, 2.45) is 0 Å². The number of ether oxygens (including phenoxy) is 1. The number of nitrogens with zero attached hydrogens (tertiary/aromatic N) is 1. The van der Waals surface area contributed by atoms with Gasteiger partial charge in [0.2, 0.25) is 0 Å². The second-order valence-electron chi connectivity index (χ2n) is 4.33. The molecule has 0 bridgehead atoms. The number of carbonyl (C=O) groups excluding carboxylic acids is 1. The number of methoxy groups -OCH3 is 1. The molecule has 104 valence electrons. The summed E-state index contributed by atoms with van der Waals surface area (Å²) in [6.07, 6.45) is 3.45. The summed E-state index contributed by atoms with van der Waals surface area (Å²) in [5, 5.41) is 2.94. The zero-order chi connectivity index (χ0) is 14.5. The highest BCUT2D eigenvalue weighted by Gasteiger charge is 2.13. The van der Waals surface area contributed by atoms with E-state index in [9.17, 15) is 4.79 Å². The topological polar surface area (TPSA) is 51.2 Å². The maximum Gasteiger partial charge on any atom is 0.251 e. The van der Waals surface area contributed by atoms with Gasteiger partial charge in [-0.2, -0.15) is 0 Å². The van der Waals surface area contributed by atoms with Crippen molar-refractivity contribution in [3.8, 4) is 5.75 Å². The molecule has 0 aliphatic carbocycles. The van der Waals surface area contributed by atoms with Crippen molar-refractivity contribution in [3.05, 3.63) is 58.3 Å². The van der Waals surface area contributed by atoms with E-state index in [1.165, 1.54) is 0 Å². The van der Waals surface area contributed by atoms with Gasteiger partial charge in [-0.1, -0.05) is 6.07 Å². The van der Waals surface area contributed by atoms with Gasteiger partial charge in [0.15, 0.2) is 0 Å². The Morgan fingerprint density at radius 1 is 1.40 bits per heavy atom. The number of nitrogens with one attached hydrogen (secondary N) is 1. The molecule has 0 saturated carbocycles. The predicted molar refractivity (Wildman–Crippen MR) is 80.8 cm³/mol. The summed E-state index contributed by atoms with van der Waals surface area (Å²) < 4.78 is 5.89. The van der Waals surface area contributed by atoms with Crippen molar-refractivity contribution in [1.82, 2.24) is 10.3 Å². The van der Waals surface area contributed by atoms with E-state index in [1.807, 2.05) is 19.1 Å². The van der Waals surface area contributed by atoms with Crippen molar-refractivity contribution in [3.63, 3.8) is 0 Å². The van der Waals surface area contributed by atoms with E-state index in [0.717, 1.165) is 10.0 Å². The summed E-state index contributed by atoms with van der Waals surface area (Å²) in [5.41, 5.74) is 1.54. The minimum absolute atomic E-state index is 0.0999. The molecule has 1 N–H and O–H groups in total. The molecule has 2 aromatic rings. The Balaban J connectivity index is 2.10. The van der Waals surface area contributed by atoms with Gasteiger partial charge >= 0.3 is 0 Å². The number of rotatable bonds is 4. The van der Waals surface area contributed by atoms with E-state index in [1.54, 1.807) is 37.7 Å². The van der Waals surface area contributed by atoms with Crippen LogP contribution in [0.4, 0.5) is 0 Å². The van der Waals surface area contributed by atoms with Crippen LogP contribution in [0.15, 0.2) is 47.2 Å². The first kappa shape index (κ1) is 14.5. The Kier molecular flexibility index (Phi) is 4.74.